The van der Waals surface area contributed by atoms with E-state index in [2.05, 4.69) is 77.7 Å². The molecular weight excluding hydrogens is 321 g/mol. The molecule has 0 saturated carbocycles. The molecule has 4 rings (SSSR count). The molecule has 1 heterocycles. The van der Waals surface area contributed by atoms with Crippen molar-refractivity contribution in [3.63, 3.8) is 0 Å². The van der Waals surface area contributed by atoms with Crippen LogP contribution in [0.4, 0.5) is 16.4 Å². The number of hydrogen-bond acceptors (Lipinski definition) is 2. The zero-order chi connectivity index (χ0) is 17.1. The number of rotatable bonds is 4. The summed E-state index contributed by atoms with van der Waals surface area (Å²) in [4.78, 5) is 3.52. The molecule has 0 aliphatic rings. The van der Waals surface area contributed by atoms with Crippen LogP contribution in [-0.4, -0.2) is 7.85 Å². The third kappa shape index (κ3) is 3.37. The number of thiophene rings is 1. The van der Waals surface area contributed by atoms with Crippen molar-refractivity contribution in [2.75, 3.05) is 4.90 Å². The Morgan fingerprint density at radius 1 is 0.600 bits per heavy atom. The summed E-state index contributed by atoms with van der Waals surface area (Å²) in [6.07, 6.45) is 0. The van der Waals surface area contributed by atoms with Crippen LogP contribution >= 0.6 is 11.3 Å². The lowest BCUT2D eigenvalue weighted by atomic mass is 9.96. The first-order chi connectivity index (χ1) is 12.3. The highest BCUT2D eigenvalue weighted by atomic mass is 32.1. The van der Waals surface area contributed by atoms with E-state index in [-0.39, 0.29) is 0 Å². The Hall–Kier alpha value is -2.78. The molecular formula is C22H16BNS. The summed E-state index contributed by atoms with van der Waals surface area (Å²) < 4.78 is 0. The van der Waals surface area contributed by atoms with Gasteiger partial charge in [-0.25, -0.2) is 0 Å². The lowest BCUT2D eigenvalue weighted by Gasteiger charge is -2.23. The summed E-state index contributed by atoms with van der Waals surface area (Å²) in [6, 6.07) is 33.2. The fourth-order valence-corrected chi connectivity index (χ4v) is 3.86. The molecule has 1 nitrogen and oxygen atoms in total. The molecule has 0 N–H and O–H groups in total. The zero-order valence-corrected chi connectivity index (χ0v) is 14.5. The molecule has 0 fully saturated rings. The quantitative estimate of drug-likeness (QED) is 0.433. The molecule has 3 aromatic carbocycles. The van der Waals surface area contributed by atoms with E-state index in [4.69, 9.17) is 7.85 Å². The van der Waals surface area contributed by atoms with E-state index in [1.807, 2.05) is 24.3 Å². The van der Waals surface area contributed by atoms with Crippen LogP contribution in [0.15, 0.2) is 97.1 Å². The predicted molar refractivity (Wildman–Crippen MR) is 110 cm³/mol. The average molecular weight is 337 g/mol. The minimum Gasteiger partial charge on any atom is -0.302 e. The van der Waals surface area contributed by atoms with Gasteiger partial charge in [-0.05, 0) is 42.0 Å². The zero-order valence-electron chi connectivity index (χ0n) is 13.7. The Kier molecular flexibility index (Phi) is 4.40. The van der Waals surface area contributed by atoms with Crippen LogP contribution in [0.2, 0.25) is 0 Å². The lowest BCUT2D eigenvalue weighted by molar-refractivity contribution is 1.32. The Morgan fingerprint density at radius 2 is 1.20 bits per heavy atom. The summed E-state index contributed by atoms with van der Waals surface area (Å²) in [5, 5.41) is 1.18. The van der Waals surface area contributed by atoms with Crippen LogP contribution in [0.1, 0.15) is 0 Å². The molecule has 3 heteroatoms. The maximum atomic E-state index is 5.87. The highest BCUT2D eigenvalue weighted by Crippen LogP contribution is 2.41. The van der Waals surface area contributed by atoms with E-state index in [0.29, 0.717) is 0 Å². The molecule has 0 unspecified atom stereocenters. The van der Waals surface area contributed by atoms with Gasteiger partial charge >= 0.3 is 0 Å². The van der Waals surface area contributed by atoms with Crippen molar-refractivity contribution in [3.05, 3.63) is 97.1 Å². The van der Waals surface area contributed by atoms with E-state index in [1.165, 1.54) is 15.4 Å². The molecule has 4 aromatic rings. The number of nitrogens with zero attached hydrogens (tertiary/aromatic N) is 1. The summed E-state index contributed by atoms with van der Waals surface area (Å²) in [7, 11) is 5.87. The van der Waals surface area contributed by atoms with Gasteiger partial charge in [0.2, 0.25) is 0 Å². The Balaban J connectivity index is 1.79. The van der Waals surface area contributed by atoms with Crippen LogP contribution in [0, 0.1) is 0 Å². The third-order valence-electron chi connectivity index (χ3n) is 4.04. The first-order valence-electron chi connectivity index (χ1n) is 8.17. The van der Waals surface area contributed by atoms with Crippen LogP contribution in [0.3, 0.4) is 0 Å². The Bertz CT molecular complexity index is 946. The van der Waals surface area contributed by atoms with Crippen molar-refractivity contribution in [1.29, 1.82) is 0 Å². The first-order valence-corrected chi connectivity index (χ1v) is 8.99. The normalized spacial score (nSPS) is 10.6. The summed E-state index contributed by atoms with van der Waals surface area (Å²) in [5.74, 6) is 0. The van der Waals surface area contributed by atoms with Gasteiger partial charge in [0, 0.05) is 16.3 Å². The van der Waals surface area contributed by atoms with Gasteiger partial charge in [-0.2, -0.15) is 0 Å². The van der Waals surface area contributed by atoms with Crippen molar-refractivity contribution in [3.8, 4) is 10.4 Å². The second kappa shape index (κ2) is 7.00. The van der Waals surface area contributed by atoms with Gasteiger partial charge in [-0.15, -0.1) is 11.3 Å². The van der Waals surface area contributed by atoms with Gasteiger partial charge < -0.3 is 4.90 Å². The van der Waals surface area contributed by atoms with E-state index >= 15 is 0 Å². The third-order valence-corrected chi connectivity index (χ3v) is 5.16. The largest absolute Gasteiger partial charge is 0.302 e. The van der Waals surface area contributed by atoms with Crippen LogP contribution in [0.5, 0.6) is 0 Å². The average Bonchev–Trinajstić information content (AvgIpc) is 3.15. The predicted octanol–water partition coefficient (Wildman–Crippen LogP) is 5.68. The van der Waals surface area contributed by atoms with Gasteiger partial charge in [-0.3, -0.25) is 0 Å². The van der Waals surface area contributed by atoms with E-state index < -0.39 is 0 Å². The highest BCUT2D eigenvalue weighted by molar-refractivity contribution is 7.19. The smallest absolute Gasteiger partial charge is 0.113 e. The van der Waals surface area contributed by atoms with Crippen molar-refractivity contribution < 1.29 is 0 Å². The van der Waals surface area contributed by atoms with Gasteiger partial charge in [-0.1, -0.05) is 66.1 Å². The van der Waals surface area contributed by atoms with Crippen molar-refractivity contribution in [2.24, 2.45) is 0 Å². The molecule has 25 heavy (non-hydrogen) atoms. The topological polar surface area (TPSA) is 3.24 Å². The Labute approximate surface area is 153 Å². The van der Waals surface area contributed by atoms with Gasteiger partial charge in [0.1, 0.15) is 12.8 Å². The second-order valence-corrected chi connectivity index (χ2v) is 6.83. The molecule has 1 aromatic heterocycles. The maximum Gasteiger partial charge on any atom is 0.113 e. The van der Waals surface area contributed by atoms with E-state index in [0.717, 1.165) is 16.8 Å². The summed E-state index contributed by atoms with van der Waals surface area (Å²) >= 11 is 1.78. The molecule has 0 atom stereocenters. The van der Waals surface area contributed by atoms with E-state index in [1.54, 1.807) is 11.3 Å². The van der Waals surface area contributed by atoms with Gasteiger partial charge in [0.25, 0.3) is 0 Å². The van der Waals surface area contributed by atoms with Gasteiger partial charge in [0.15, 0.2) is 0 Å². The molecule has 0 aliphatic carbocycles. The number of hydrogen-bond donors (Lipinski definition) is 0. The molecule has 0 aliphatic heterocycles. The molecule has 0 amide bonds. The molecule has 2 radical (unpaired) electrons. The molecule has 118 valence electrons. The summed E-state index contributed by atoms with van der Waals surface area (Å²) in [5.41, 5.74) is 4.24. The van der Waals surface area contributed by atoms with Gasteiger partial charge in [0.05, 0.1) is 0 Å². The second-order valence-electron chi connectivity index (χ2n) is 5.77. The van der Waals surface area contributed by atoms with E-state index in [9.17, 15) is 0 Å². The van der Waals surface area contributed by atoms with Crippen LogP contribution in [0.25, 0.3) is 10.4 Å². The molecule has 0 bridgehead atoms. The SMILES string of the molecule is [B]c1ccc(N(c2ccccc2)c2ccc(-c3ccccc3)s2)cc1. The monoisotopic (exact) mass is 337 g/mol. The maximum absolute atomic E-state index is 5.87. The van der Waals surface area contributed by atoms with Crippen molar-refractivity contribution in [2.45, 2.75) is 0 Å². The standard InChI is InChI=1S/C22H16BNS/c23-18-11-13-20(14-12-18)24(19-9-5-2-6-10-19)22-16-15-21(25-22)17-7-3-1-4-8-17/h1-16H. The fourth-order valence-electron chi connectivity index (χ4n) is 2.81. The fraction of sp³-hybridized carbons (Fsp3) is 0. The molecule has 0 saturated heterocycles. The van der Waals surface area contributed by atoms with Crippen molar-refractivity contribution >= 4 is 41.0 Å². The number of anilines is 3. The first kappa shape index (κ1) is 15.7. The minimum absolute atomic E-state index is 0.771. The number of benzene rings is 3. The van der Waals surface area contributed by atoms with Crippen LogP contribution < -0.4 is 10.4 Å². The van der Waals surface area contributed by atoms with Crippen molar-refractivity contribution in [1.82, 2.24) is 0 Å². The highest BCUT2D eigenvalue weighted by Gasteiger charge is 2.14. The Morgan fingerprint density at radius 3 is 1.88 bits per heavy atom. The minimum atomic E-state index is 0.771. The number of para-hydroxylation sites is 1. The molecule has 0 spiro atoms. The summed E-state index contributed by atoms with van der Waals surface area (Å²) in [6.45, 7) is 0. The lowest BCUT2D eigenvalue weighted by Crippen LogP contribution is -2.10. The van der Waals surface area contributed by atoms with Crippen LogP contribution in [-0.2, 0) is 0 Å².